The summed E-state index contributed by atoms with van der Waals surface area (Å²) in [6, 6.07) is 12.5. The number of aromatic nitrogens is 1. The van der Waals surface area contributed by atoms with Gasteiger partial charge in [0.1, 0.15) is 11.6 Å². The average Bonchev–Trinajstić information content (AvgIpc) is 3.01. The Bertz CT molecular complexity index is 974. The fourth-order valence-electron chi connectivity index (χ4n) is 4.84. The van der Waals surface area contributed by atoms with Crippen molar-refractivity contribution in [2.45, 2.75) is 58.4 Å². The van der Waals surface area contributed by atoms with E-state index in [0.717, 1.165) is 55.7 Å². The van der Waals surface area contributed by atoms with Crippen LogP contribution in [0.1, 0.15) is 61.4 Å². The fourth-order valence-corrected chi connectivity index (χ4v) is 4.84. The number of carbonyl (C=O) groups excluding carboxylic acids is 2. The number of nitrogens with one attached hydrogen (secondary N) is 2. The first kappa shape index (κ1) is 22.3. The Morgan fingerprint density at radius 2 is 2.06 bits per heavy atom. The van der Waals surface area contributed by atoms with E-state index in [2.05, 4.69) is 34.9 Å². The highest BCUT2D eigenvalue weighted by molar-refractivity contribution is 5.79. The van der Waals surface area contributed by atoms with Gasteiger partial charge in [-0.05, 0) is 67.7 Å². The quantitative estimate of drug-likeness (QED) is 0.665. The van der Waals surface area contributed by atoms with E-state index >= 15 is 0 Å². The smallest absolute Gasteiger partial charge is 0.317 e. The Morgan fingerprint density at radius 1 is 1.22 bits per heavy atom. The lowest BCUT2D eigenvalue weighted by atomic mass is 9.81. The molecule has 2 aliphatic rings. The monoisotopic (exact) mass is 434 g/mol. The summed E-state index contributed by atoms with van der Waals surface area (Å²) in [6.07, 6.45) is 4.76. The summed E-state index contributed by atoms with van der Waals surface area (Å²) in [5, 5.41) is 6.47. The number of rotatable bonds is 6. The van der Waals surface area contributed by atoms with Gasteiger partial charge < -0.3 is 15.5 Å². The van der Waals surface area contributed by atoms with Crippen molar-refractivity contribution >= 4 is 17.6 Å². The van der Waals surface area contributed by atoms with Crippen LogP contribution in [-0.4, -0.2) is 41.3 Å². The van der Waals surface area contributed by atoms with Gasteiger partial charge in [-0.3, -0.25) is 4.79 Å². The zero-order valence-corrected chi connectivity index (χ0v) is 19.2. The fraction of sp³-hybridized carbons (Fsp3) is 0.500. The number of fused-ring (bicyclic) bond motifs is 2. The van der Waals surface area contributed by atoms with Crippen LogP contribution in [0.2, 0.25) is 0 Å². The lowest BCUT2D eigenvalue weighted by Crippen LogP contribution is -2.40. The second kappa shape index (κ2) is 10.2. The average molecular weight is 435 g/mol. The minimum Gasteiger partial charge on any atom is -0.370 e. The van der Waals surface area contributed by atoms with Gasteiger partial charge in [-0.15, -0.1) is 0 Å². The summed E-state index contributed by atoms with van der Waals surface area (Å²) in [5.41, 5.74) is 4.71. The molecule has 4 rings (SSSR count). The van der Waals surface area contributed by atoms with Crippen molar-refractivity contribution < 1.29 is 9.59 Å². The van der Waals surface area contributed by atoms with Crippen LogP contribution in [0.15, 0.2) is 36.4 Å². The van der Waals surface area contributed by atoms with E-state index in [4.69, 9.17) is 4.98 Å². The van der Waals surface area contributed by atoms with E-state index in [1.807, 2.05) is 24.0 Å². The van der Waals surface area contributed by atoms with Crippen molar-refractivity contribution in [2.75, 3.05) is 25.0 Å². The predicted molar refractivity (Wildman–Crippen MR) is 127 cm³/mol. The number of ketones is 1. The SMILES string of the molecule is CC(=O)C(C)C1CCN(C(=O)NCCCc2ccc3c(n2)NCCC3)Cc2ccccc21. The Labute approximate surface area is 190 Å². The topological polar surface area (TPSA) is 74.3 Å². The molecule has 0 bridgehead atoms. The molecule has 0 saturated heterocycles. The normalized spacial score (nSPS) is 18.6. The molecule has 32 heavy (non-hydrogen) atoms. The van der Waals surface area contributed by atoms with E-state index in [9.17, 15) is 9.59 Å². The molecule has 2 aromatic rings. The Morgan fingerprint density at radius 3 is 2.91 bits per heavy atom. The molecule has 3 heterocycles. The molecule has 0 fully saturated rings. The van der Waals surface area contributed by atoms with Gasteiger partial charge in [-0.25, -0.2) is 9.78 Å². The summed E-state index contributed by atoms with van der Waals surface area (Å²) in [6.45, 7) is 6.52. The van der Waals surface area contributed by atoms with E-state index in [1.165, 1.54) is 11.1 Å². The maximum absolute atomic E-state index is 12.9. The highest BCUT2D eigenvalue weighted by atomic mass is 16.2. The van der Waals surface area contributed by atoms with E-state index in [0.29, 0.717) is 19.6 Å². The first-order valence-electron chi connectivity index (χ1n) is 11.9. The number of aryl methyl sites for hydroxylation is 2. The first-order chi connectivity index (χ1) is 15.5. The molecule has 2 aliphatic heterocycles. The maximum Gasteiger partial charge on any atom is 0.317 e. The van der Waals surface area contributed by atoms with E-state index in [1.54, 1.807) is 6.92 Å². The van der Waals surface area contributed by atoms with Crippen LogP contribution in [0.3, 0.4) is 0 Å². The Hall–Kier alpha value is -2.89. The van der Waals surface area contributed by atoms with Crippen molar-refractivity contribution in [2.24, 2.45) is 5.92 Å². The van der Waals surface area contributed by atoms with Gasteiger partial charge in [0.15, 0.2) is 0 Å². The number of benzene rings is 1. The number of carbonyl (C=O) groups is 2. The van der Waals surface area contributed by atoms with Gasteiger partial charge in [-0.2, -0.15) is 0 Å². The van der Waals surface area contributed by atoms with Gasteiger partial charge in [-0.1, -0.05) is 37.3 Å². The summed E-state index contributed by atoms with van der Waals surface area (Å²) in [4.78, 5) is 31.6. The van der Waals surface area contributed by atoms with Crippen molar-refractivity contribution in [3.63, 3.8) is 0 Å². The molecule has 0 saturated carbocycles. The number of pyridine rings is 1. The standard InChI is InChI=1S/C26H34N4O2/c1-18(19(2)31)23-13-16-30(17-21-7-3-4-10-24(21)23)26(32)28-15-6-9-22-12-11-20-8-5-14-27-25(20)29-22/h3-4,7,10-12,18,23H,5-6,8-9,13-17H2,1-2H3,(H,27,29)(H,28,32). The van der Waals surface area contributed by atoms with Crippen LogP contribution >= 0.6 is 0 Å². The van der Waals surface area contributed by atoms with Crippen LogP contribution in [0.25, 0.3) is 0 Å². The molecule has 1 aromatic heterocycles. The number of urea groups is 1. The molecule has 1 aromatic carbocycles. The molecule has 170 valence electrons. The Kier molecular flexibility index (Phi) is 7.08. The van der Waals surface area contributed by atoms with Gasteiger partial charge >= 0.3 is 6.03 Å². The molecule has 2 atom stereocenters. The number of amides is 2. The third kappa shape index (κ3) is 5.12. The zero-order valence-electron chi connectivity index (χ0n) is 19.2. The van der Waals surface area contributed by atoms with Crippen LogP contribution in [0.5, 0.6) is 0 Å². The van der Waals surface area contributed by atoms with Crippen molar-refractivity contribution in [3.8, 4) is 0 Å². The maximum atomic E-state index is 12.9. The van der Waals surface area contributed by atoms with E-state index in [-0.39, 0.29) is 23.7 Å². The Balaban J connectivity index is 1.31. The second-order valence-corrected chi connectivity index (χ2v) is 9.09. The van der Waals surface area contributed by atoms with Gasteiger partial charge in [0, 0.05) is 37.8 Å². The number of anilines is 1. The minimum absolute atomic E-state index is 0.0315. The molecule has 0 radical (unpaired) electrons. The lowest BCUT2D eigenvalue weighted by Gasteiger charge is -2.23. The highest BCUT2D eigenvalue weighted by Crippen LogP contribution is 2.34. The highest BCUT2D eigenvalue weighted by Gasteiger charge is 2.29. The van der Waals surface area contributed by atoms with Gasteiger partial charge in [0.2, 0.25) is 0 Å². The van der Waals surface area contributed by atoms with E-state index < -0.39 is 0 Å². The number of nitrogens with zero attached hydrogens (tertiary/aromatic N) is 2. The minimum atomic E-state index is -0.0437. The van der Waals surface area contributed by atoms with Crippen LogP contribution < -0.4 is 10.6 Å². The van der Waals surface area contributed by atoms with Crippen LogP contribution in [0.4, 0.5) is 10.6 Å². The molecule has 2 amide bonds. The predicted octanol–water partition coefficient (Wildman–Crippen LogP) is 4.30. The lowest BCUT2D eigenvalue weighted by molar-refractivity contribution is -0.120. The van der Waals surface area contributed by atoms with Crippen molar-refractivity contribution in [1.29, 1.82) is 0 Å². The molecule has 0 spiro atoms. The first-order valence-corrected chi connectivity index (χ1v) is 11.9. The summed E-state index contributed by atoms with van der Waals surface area (Å²) in [5.74, 6) is 1.34. The zero-order chi connectivity index (χ0) is 22.5. The molecule has 0 aliphatic carbocycles. The number of hydrogen-bond donors (Lipinski definition) is 2. The molecular weight excluding hydrogens is 400 g/mol. The second-order valence-electron chi connectivity index (χ2n) is 9.09. The molecule has 6 heteroatoms. The summed E-state index contributed by atoms with van der Waals surface area (Å²) < 4.78 is 0. The third-order valence-electron chi connectivity index (χ3n) is 6.90. The van der Waals surface area contributed by atoms with Crippen LogP contribution in [-0.2, 0) is 24.2 Å². The molecular formula is C26H34N4O2. The van der Waals surface area contributed by atoms with Crippen molar-refractivity contribution in [3.05, 3.63) is 58.8 Å². The van der Waals surface area contributed by atoms with Crippen molar-refractivity contribution in [1.82, 2.24) is 15.2 Å². The largest absolute Gasteiger partial charge is 0.370 e. The number of hydrogen-bond acceptors (Lipinski definition) is 4. The molecule has 6 nitrogen and oxygen atoms in total. The molecule has 2 N–H and O–H groups in total. The number of Topliss-reactive ketones (excluding diaryl/α,β-unsaturated/α-hetero) is 1. The summed E-state index contributed by atoms with van der Waals surface area (Å²) in [7, 11) is 0. The van der Waals surface area contributed by atoms with Gasteiger partial charge in [0.05, 0.1) is 0 Å². The summed E-state index contributed by atoms with van der Waals surface area (Å²) >= 11 is 0. The van der Waals surface area contributed by atoms with Crippen LogP contribution in [0, 0.1) is 5.92 Å². The molecule has 2 unspecified atom stereocenters. The third-order valence-corrected chi connectivity index (χ3v) is 6.90. The van der Waals surface area contributed by atoms with Gasteiger partial charge in [0.25, 0.3) is 0 Å².